The fourth-order valence-corrected chi connectivity index (χ4v) is 2.41. The molecule has 1 atom stereocenters. The Bertz CT molecular complexity index is 708. The highest BCUT2D eigenvalue weighted by Gasteiger charge is 2.15. The van der Waals surface area contributed by atoms with E-state index in [1.807, 2.05) is 24.3 Å². The Balaban J connectivity index is 1.94. The number of hydrogen-bond acceptors (Lipinski definition) is 4. The third-order valence-corrected chi connectivity index (χ3v) is 3.37. The van der Waals surface area contributed by atoms with E-state index >= 15 is 0 Å². The molecular weight excluding hydrogens is 252 g/mol. The first-order valence-electron chi connectivity index (χ1n) is 6.67. The number of fused-ring (bicyclic) bond motifs is 1. The first-order valence-corrected chi connectivity index (χ1v) is 6.67. The van der Waals surface area contributed by atoms with Crippen LogP contribution < -0.4 is 0 Å². The standard InChI is InChI=1S/C15H16N4O/c1-2-19-13-6-4-3-5-11(13)18-15(19)9-14(20)12-7-8-16-10-17-12/h3-8,10,14,20H,2,9H2,1H3. The van der Waals surface area contributed by atoms with Gasteiger partial charge in [0.15, 0.2) is 0 Å². The lowest BCUT2D eigenvalue weighted by Gasteiger charge is -2.11. The molecule has 0 spiro atoms. The van der Waals surface area contributed by atoms with E-state index in [1.54, 1.807) is 12.3 Å². The van der Waals surface area contributed by atoms with Gasteiger partial charge in [-0.2, -0.15) is 0 Å². The molecule has 0 radical (unpaired) electrons. The van der Waals surface area contributed by atoms with Gasteiger partial charge in [-0.05, 0) is 25.1 Å². The number of imidazole rings is 1. The normalized spacial score (nSPS) is 12.7. The molecule has 2 heterocycles. The molecule has 2 aromatic heterocycles. The summed E-state index contributed by atoms with van der Waals surface area (Å²) in [5.74, 6) is 0.875. The van der Waals surface area contributed by atoms with Crippen LogP contribution in [-0.4, -0.2) is 24.6 Å². The summed E-state index contributed by atoms with van der Waals surface area (Å²) in [6, 6.07) is 9.73. The lowest BCUT2D eigenvalue weighted by atomic mass is 10.2. The minimum absolute atomic E-state index is 0.444. The number of para-hydroxylation sites is 2. The van der Waals surface area contributed by atoms with Crippen LogP contribution in [0.15, 0.2) is 42.9 Å². The summed E-state index contributed by atoms with van der Waals surface area (Å²) < 4.78 is 2.12. The molecule has 0 aliphatic heterocycles. The van der Waals surface area contributed by atoms with Crippen LogP contribution in [0.25, 0.3) is 11.0 Å². The van der Waals surface area contributed by atoms with E-state index in [4.69, 9.17) is 0 Å². The second kappa shape index (κ2) is 5.38. The van der Waals surface area contributed by atoms with Gasteiger partial charge in [0.1, 0.15) is 18.3 Å². The molecule has 0 amide bonds. The molecule has 1 aromatic carbocycles. The average molecular weight is 268 g/mol. The van der Waals surface area contributed by atoms with E-state index < -0.39 is 6.10 Å². The topological polar surface area (TPSA) is 63.8 Å². The van der Waals surface area contributed by atoms with Crippen LogP contribution in [0.3, 0.4) is 0 Å². The lowest BCUT2D eigenvalue weighted by Crippen LogP contribution is -2.09. The van der Waals surface area contributed by atoms with Crippen molar-refractivity contribution >= 4 is 11.0 Å². The van der Waals surface area contributed by atoms with Crippen LogP contribution in [-0.2, 0) is 13.0 Å². The molecule has 1 unspecified atom stereocenters. The minimum Gasteiger partial charge on any atom is -0.386 e. The molecule has 5 heteroatoms. The summed E-state index contributed by atoms with van der Waals surface area (Å²) in [6.45, 7) is 2.90. The van der Waals surface area contributed by atoms with Gasteiger partial charge < -0.3 is 9.67 Å². The van der Waals surface area contributed by atoms with Gasteiger partial charge in [0.2, 0.25) is 0 Å². The zero-order valence-electron chi connectivity index (χ0n) is 11.3. The van der Waals surface area contributed by atoms with E-state index in [2.05, 4.69) is 26.4 Å². The number of benzene rings is 1. The molecule has 0 saturated heterocycles. The second-order valence-electron chi connectivity index (χ2n) is 4.62. The molecule has 0 aliphatic carbocycles. The smallest absolute Gasteiger partial charge is 0.115 e. The molecule has 0 bridgehead atoms. The SMILES string of the molecule is CCn1c(CC(O)c2ccncn2)nc2ccccc21. The van der Waals surface area contributed by atoms with Gasteiger partial charge in [-0.25, -0.2) is 15.0 Å². The van der Waals surface area contributed by atoms with Crippen LogP contribution in [0, 0.1) is 0 Å². The Morgan fingerprint density at radius 2 is 2.10 bits per heavy atom. The number of rotatable bonds is 4. The van der Waals surface area contributed by atoms with Crippen molar-refractivity contribution in [2.75, 3.05) is 0 Å². The van der Waals surface area contributed by atoms with Crippen LogP contribution in [0.5, 0.6) is 0 Å². The largest absolute Gasteiger partial charge is 0.386 e. The van der Waals surface area contributed by atoms with E-state index in [0.717, 1.165) is 23.4 Å². The number of aliphatic hydroxyl groups excluding tert-OH is 1. The Morgan fingerprint density at radius 1 is 1.25 bits per heavy atom. The highest BCUT2D eigenvalue weighted by atomic mass is 16.3. The Hall–Kier alpha value is -2.27. The van der Waals surface area contributed by atoms with Gasteiger partial charge in [0, 0.05) is 19.2 Å². The van der Waals surface area contributed by atoms with Crippen molar-refractivity contribution in [3.8, 4) is 0 Å². The maximum absolute atomic E-state index is 10.3. The third-order valence-electron chi connectivity index (χ3n) is 3.37. The Labute approximate surface area is 117 Å². The molecule has 3 aromatic rings. The number of aromatic nitrogens is 4. The number of aliphatic hydroxyl groups is 1. The second-order valence-corrected chi connectivity index (χ2v) is 4.62. The van der Waals surface area contributed by atoms with Crippen molar-refractivity contribution in [2.45, 2.75) is 26.0 Å². The molecule has 1 N–H and O–H groups in total. The summed E-state index contributed by atoms with van der Waals surface area (Å²) in [7, 11) is 0. The summed E-state index contributed by atoms with van der Waals surface area (Å²) >= 11 is 0. The zero-order chi connectivity index (χ0) is 13.9. The van der Waals surface area contributed by atoms with E-state index in [0.29, 0.717) is 12.1 Å². The average Bonchev–Trinajstić information content (AvgIpc) is 2.85. The van der Waals surface area contributed by atoms with Gasteiger partial charge in [0.25, 0.3) is 0 Å². The first-order chi connectivity index (χ1) is 9.79. The first kappa shape index (κ1) is 12.7. The fraction of sp³-hybridized carbons (Fsp3) is 0.267. The summed E-state index contributed by atoms with van der Waals surface area (Å²) in [5.41, 5.74) is 2.67. The predicted molar refractivity (Wildman–Crippen MR) is 76.1 cm³/mol. The van der Waals surface area contributed by atoms with Crippen molar-refractivity contribution in [3.63, 3.8) is 0 Å². The van der Waals surface area contributed by atoms with Crippen molar-refractivity contribution < 1.29 is 5.11 Å². The maximum atomic E-state index is 10.3. The van der Waals surface area contributed by atoms with Gasteiger partial charge >= 0.3 is 0 Å². The number of aryl methyl sites for hydroxylation is 1. The fourth-order valence-electron chi connectivity index (χ4n) is 2.41. The molecule has 0 saturated carbocycles. The summed E-state index contributed by atoms with van der Waals surface area (Å²) in [6.07, 6.45) is 2.86. The molecule has 20 heavy (non-hydrogen) atoms. The number of hydrogen-bond donors (Lipinski definition) is 1. The van der Waals surface area contributed by atoms with E-state index in [-0.39, 0.29) is 0 Å². The van der Waals surface area contributed by atoms with Crippen molar-refractivity contribution in [2.24, 2.45) is 0 Å². The molecule has 102 valence electrons. The molecule has 0 aliphatic rings. The number of nitrogens with zero attached hydrogens (tertiary/aromatic N) is 4. The minimum atomic E-state index is -0.667. The molecule has 3 rings (SSSR count). The van der Waals surface area contributed by atoms with Gasteiger partial charge in [-0.1, -0.05) is 12.1 Å². The van der Waals surface area contributed by atoms with Crippen LogP contribution in [0.4, 0.5) is 0 Å². The van der Waals surface area contributed by atoms with Crippen molar-refractivity contribution in [1.82, 2.24) is 19.5 Å². The maximum Gasteiger partial charge on any atom is 0.115 e. The third kappa shape index (κ3) is 2.28. The lowest BCUT2D eigenvalue weighted by molar-refractivity contribution is 0.169. The highest BCUT2D eigenvalue weighted by molar-refractivity contribution is 5.75. The van der Waals surface area contributed by atoms with E-state index in [1.165, 1.54) is 6.33 Å². The van der Waals surface area contributed by atoms with Gasteiger partial charge in [-0.15, -0.1) is 0 Å². The Kier molecular flexibility index (Phi) is 3.43. The Morgan fingerprint density at radius 3 is 2.85 bits per heavy atom. The zero-order valence-corrected chi connectivity index (χ0v) is 11.3. The summed E-state index contributed by atoms with van der Waals surface area (Å²) in [4.78, 5) is 12.6. The molecule has 0 fully saturated rings. The van der Waals surface area contributed by atoms with Crippen molar-refractivity contribution in [3.05, 3.63) is 54.4 Å². The molecular formula is C15H16N4O. The summed E-state index contributed by atoms with van der Waals surface area (Å²) in [5, 5.41) is 10.3. The van der Waals surface area contributed by atoms with Crippen LogP contribution in [0.1, 0.15) is 24.5 Å². The van der Waals surface area contributed by atoms with E-state index in [9.17, 15) is 5.11 Å². The highest BCUT2D eigenvalue weighted by Crippen LogP contribution is 2.20. The van der Waals surface area contributed by atoms with Gasteiger partial charge in [0.05, 0.1) is 16.7 Å². The van der Waals surface area contributed by atoms with Crippen molar-refractivity contribution in [1.29, 1.82) is 0 Å². The van der Waals surface area contributed by atoms with Crippen LogP contribution >= 0.6 is 0 Å². The monoisotopic (exact) mass is 268 g/mol. The predicted octanol–water partition coefficient (Wildman–Crippen LogP) is 2.12. The van der Waals surface area contributed by atoms with Crippen LogP contribution in [0.2, 0.25) is 0 Å². The van der Waals surface area contributed by atoms with Gasteiger partial charge in [-0.3, -0.25) is 0 Å². The molecule has 5 nitrogen and oxygen atoms in total. The quantitative estimate of drug-likeness (QED) is 0.787.